The Labute approximate surface area is 209 Å². The van der Waals surface area contributed by atoms with E-state index >= 15 is 0 Å². The van der Waals surface area contributed by atoms with Crippen molar-refractivity contribution in [3.63, 3.8) is 0 Å². The van der Waals surface area contributed by atoms with Crippen LogP contribution in [-0.4, -0.2) is 6.21 Å². The number of halogens is 1. The average Bonchev–Trinajstić information content (AvgIpc) is 3.14. The molecule has 1 heterocycles. The first-order valence-corrected chi connectivity index (χ1v) is 12.9. The SMILES string of the molecule is Cc1ccc(COc2ccc(Br)cc2C=Nc2sc3c(c2C#N)CC[C@@H](C(C)(C)C)C3)cc1. The molecular formula is C28H29BrN2OS. The van der Waals surface area contributed by atoms with E-state index in [1.54, 1.807) is 11.3 Å². The van der Waals surface area contributed by atoms with Crippen molar-refractivity contribution >= 4 is 38.5 Å². The summed E-state index contributed by atoms with van der Waals surface area (Å²) in [4.78, 5) is 6.11. The van der Waals surface area contributed by atoms with Crippen LogP contribution in [0.4, 0.5) is 5.00 Å². The number of fused-ring (bicyclic) bond motifs is 1. The molecule has 0 bridgehead atoms. The van der Waals surface area contributed by atoms with Crippen LogP contribution in [0.25, 0.3) is 0 Å². The second-order valence-corrected chi connectivity index (χ2v) is 11.8. The third-order valence-electron chi connectivity index (χ3n) is 6.39. The molecule has 0 unspecified atom stereocenters. The Hall–Kier alpha value is -2.42. The maximum Gasteiger partial charge on any atom is 0.134 e. The summed E-state index contributed by atoms with van der Waals surface area (Å²) in [6.07, 6.45) is 4.96. The highest BCUT2D eigenvalue weighted by Gasteiger charge is 2.32. The lowest BCUT2D eigenvalue weighted by molar-refractivity contribution is 0.218. The van der Waals surface area contributed by atoms with Gasteiger partial charge in [-0.1, -0.05) is 66.5 Å². The van der Waals surface area contributed by atoms with Crippen molar-refractivity contribution in [2.45, 2.75) is 53.6 Å². The van der Waals surface area contributed by atoms with Gasteiger partial charge < -0.3 is 4.74 Å². The number of hydrogen-bond acceptors (Lipinski definition) is 4. The number of thiophene rings is 1. The van der Waals surface area contributed by atoms with Gasteiger partial charge in [0.05, 0.1) is 5.56 Å². The molecular weight excluding hydrogens is 492 g/mol. The van der Waals surface area contributed by atoms with Crippen LogP contribution >= 0.6 is 27.3 Å². The number of ether oxygens (including phenoxy) is 1. The maximum absolute atomic E-state index is 9.87. The summed E-state index contributed by atoms with van der Waals surface area (Å²) < 4.78 is 7.09. The third-order valence-corrected chi connectivity index (χ3v) is 8.05. The average molecular weight is 522 g/mol. The van der Waals surface area contributed by atoms with Gasteiger partial charge in [0.1, 0.15) is 23.4 Å². The lowest BCUT2D eigenvalue weighted by atomic mass is 9.72. The largest absolute Gasteiger partial charge is 0.488 e. The monoisotopic (exact) mass is 520 g/mol. The van der Waals surface area contributed by atoms with Crippen molar-refractivity contribution < 1.29 is 4.74 Å². The van der Waals surface area contributed by atoms with Crippen LogP contribution in [-0.2, 0) is 19.4 Å². The van der Waals surface area contributed by atoms with Gasteiger partial charge in [0.2, 0.25) is 0 Å². The van der Waals surface area contributed by atoms with Gasteiger partial charge in [-0.3, -0.25) is 0 Å². The Balaban J connectivity index is 1.58. The molecule has 1 aliphatic carbocycles. The fraction of sp³-hybridized carbons (Fsp3) is 0.357. The van der Waals surface area contributed by atoms with Gasteiger partial charge in [0.25, 0.3) is 0 Å². The van der Waals surface area contributed by atoms with Crippen molar-refractivity contribution in [1.82, 2.24) is 0 Å². The molecule has 0 amide bonds. The molecule has 1 aromatic heterocycles. The number of nitriles is 1. The van der Waals surface area contributed by atoms with E-state index in [1.165, 1.54) is 16.0 Å². The minimum Gasteiger partial charge on any atom is -0.488 e. The van der Waals surface area contributed by atoms with Gasteiger partial charge >= 0.3 is 0 Å². The predicted octanol–water partition coefficient (Wildman–Crippen LogP) is 8.17. The Morgan fingerprint density at radius 2 is 1.97 bits per heavy atom. The fourth-order valence-electron chi connectivity index (χ4n) is 4.24. The molecule has 0 radical (unpaired) electrons. The number of nitrogens with zero attached hydrogens (tertiary/aromatic N) is 2. The molecule has 3 nitrogen and oxygen atoms in total. The minimum absolute atomic E-state index is 0.276. The molecule has 0 N–H and O–H groups in total. The van der Waals surface area contributed by atoms with Gasteiger partial charge in [0, 0.05) is 21.1 Å². The molecule has 33 heavy (non-hydrogen) atoms. The van der Waals surface area contributed by atoms with Gasteiger partial charge in [-0.25, -0.2) is 4.99 Å². The molecule has 1 aliphatic rings. The van der Waals surface area contributed by atoms with Crippen LogP contribution in [0.2, 0.25) is 0 Å². The topological polar surface area (TPSA) is 45.4 Å². The molecule has 170 valence electrons. The predicted molar refractivity (Wildman–Crippen MR) is 141 cm³/mol. The quantitative estimate of drug-likeness (QED) is 0.318. The lowest BCUT2D eigenvalue weighted by Gasteiger charge is -2.33. The normalized spacial score (nSPS) is 15.9. The van der Waals surface area contributed by atoms with E-state index in [9.17, 15) is 5.26 Å². The van der Waals surface area contributed by atoms with E-state index < -0.39 is 0 Å². The zero-order valence-corrected chi connectivity index (χ0v) is 22.0. The molecule has 4 rings (SSSR count). The van der Waals surface area contributed by atoms with Crippen LogP contribution in [0, 0.1) is 29.6 Å². The van der Waals surface area contributed by atoms with E-state index in [2.05, 4.69) is 74.0 Å². The molecule has 3 aromatic rings. The summed E-state index contributed by atoms with van der Waals surface area (Å²) in [6, 6.07) is 16.7. The summed E-state index contributed by atoms with van der Waals surface area (Å²) in [5.74, 6) is 1.41. The second-order valence-electron chi connectivity index (χ2n) is 9.82. The Morgan fingerprint density at radius 3 is 2.67 bits per heavy atom. The molecule has 1 atom stereocenters. The molecule has 0 saturated heterocycles. The van der Waals surface area contributed by atoms with Crippen LogP contribution in [0.15, 0.2) is 51.9 Å². The Bertz CT molecular complexity index is 1210. The summed E-state index contributed by atoms with van der Waals surface area (Å²) >= 11 is 5.23. The molecule has 0 aliphatic heterocycles. The fourth-order valence-corrected chi connectivity index (χ4v) is 5.84. The molecule has 0 fully saturated rings. The van der Waals surface area contributed by atoms with Crippen LogP contribution in [0.3, 0.4) is 0 Å². The zero-order chi connectivity index (χ0) is 23.6. The van der Waals surface area contributed by atoms with Crippen LogP contribution in [0.1, 0.15) is 59.9 Å². The smallest absolute Gasteiger partial charge is 0.134 e. The first-order chi connectivity index (χ1) is 15.7. The minimum atomic E-state index is 0.276. The van der Waals surface area contributed by atoms with Crippen molar-refractivity contribution in [2.75, 3.05) is 0 Å². The van der Waals surface area contributed by atoms with E-state index in [4.69, 9.17) is 9.73 Å². The van der Waals surface area contributed by atoms with Gasteiger partial charge in [-0.2, -0.15) is 5.26 Å². The Kier molecular flexibility index (Phi) is 7.07. The maximum atomic E-state index is 9.87. The number of rotatable bonds is 5. The lowest BCUT2D eigenvalue weighted by Crippen LogP contribution is -2.26. The van der Waals surface area contributed by atoms with Gasteiger partial charge in [-0.15, -0.1) is 11.3 Å². The first-order valence-electron chi connectivity index (χ1n) is 11.3. The molecule has 2 aromatic carbocycles. The summed E-state index contributed by atoms with van der Waals surface area (Å²) in [6.45, 7) is 9.51. The number of aliphatic imine (C=N–C) groups is 1. The zero-order valence-electron chi connectivity index (χ0n) is 19.6. The van der Waals surface area contributed by atoms with E-state index in [0.29, 0.717) is 12.5 Å². The number of aryl methyl sites for hydroxylation is 1. The van der Waals surface area contributed by atoms with E-state index in [0.717, 1.165) is 51.2 Å². The van der Waals surface area contributed by atoms with Crippen molar-refractivity contribution in [3.05, 3.63) is 79.6 Å². The van der Waals surface area contributed by atoms with Crippen LogP contribution in [0.5, 0.6) is 5.75 Å². The van der Waals surface area contributed by atoms with Crippen molar-refractivity contribution in [3.8, 4) is 11.8 Å². The highest BCUT2D eigenvalue weighted by atomic mass is 79.9. The highest BCUT2D eigenvalue weighted by Crippen LogP contribution is 2.45. The van der Waals surface area contributed by atoms with E-state index in [-0.39, 0.29) is 5.41 Å². The molecule has 0 saturated carbocycles. The Morgan fingerprint density at radius 1 is 1.21 bits per heavy atom. The third kappa shape index (κ3) is 5.57. The van der Waals surface area contributed by atoms with Crippen LogP contribution < -0.4 is 4.74 Å². The number of benzene rings is 2. The summed E-state index contributed by atoms with van der Waals surface area (Å²) in [5.41, 5.74) is 5.47. The first kappa shape index (κ1) is 23.7. The second kappa shape index (κ2) is 9.83. The summed E-state index contributed by atoms with van der Waals surface area (Å²) in [7, 11) is 0. The van der Waals surface area contributed by atoms with E-state index in [1.807, 2.05) is 24.4 Å². The van der Waals surface area contributed by atoms with Gasteiger partial charge in [0.15, 0.2) is 0 Å². The standard InChI is InChI=1S/C28H29BrN2OS/c1-18-5-7-19(8-6-18)17-32-25-12-10-22(29)13-20(25)16-31-27-24(15-30)23-11-9-21(28(2,3)4)14-26(23)33-27/h5-8,10,12-13,16,21H,9,11,14,17H2,1-4H3/t21-/m1/s1. The molecule has 0 spiro atoms. The van der Waals surface area contributed by atoms with Gasteiger partial charge in [-0.05, 0) is 66.8 Å². The molecule has 5 heteroatoms. The summed E-state index contributed by atoms with van der Waals surface area (Å²) in [5, 5.41) is 10.7. The number of hydrogen-bond donors (Lipinski definition) is 0. The van der Waals surface area contributed by atoms with Crippen molar-refractivity contribution in [1.29, 1.82) is 5.26 Å². The highest BCUT2D eigenvalue weighted by molar-refractivity contribution is 9.10. The van der Waals surface area contributed by atoms with Crippen molar-refractivity contribution in [2.24, 2.45) is 16.3 Å².